The van der Waals surface area contributed by atoms with E-state index in [1.165, 1.54) is 5.56 Å². The topological polar surface area (TPSA) is 61.9 Å². The van der Waals surface area contributed by atoms with Crippen molar-refractivity contribution < 1.29 is 0 Å². The number of nitrogens with zero attached hydrogens (tertiary/aromatic N) is 4. The van der Waals surface area contributed by atoms with Crippen LogP contribution < -0.4 is 5.56 Å². The van der Waals surface area contributed by atoms with Crippen molar-refractivity contribution in [3.8, 4) is 6.07 Å². The Morgan fingerprint density at radius 2 is 1.93 bits per heavy atom. The van der Waals surface area contributed by atoms with Crippen LogP contribution in [0.2, 0.25) is 0 Å². The Morgan fingerprint density at radius 1 is 1.14 bits per heavy atom. The number of aromatic nitrogens is 2. The van der Waals surface area contributed by atoms with Crippen LogP contribution in [-0.4, -0.2) is 27.5 Å². The summed E-state index contributed by atoms with van der Waals surface area (Å²) in [6.07, 6.45) is 2.13. The zero-order valence-electron chi connectivity index (χ0n) is 16.1. The second-order valence-electron chi connectivity index (χ2n) is 7.62. The van der Waals surface area contributed by atoms with E-state index in [1.54, 1.807) is 0 Å². The summed E-state index contributed by atoms with van der Waals surface area (Å²) in [5.74, 6) is 1.28. The summed E-state index contributed by atoms with van der Waals surface area (Å²) in [5, 5.41) is 9.75. The minimum absolute atomic E-state index is 0.0684. The standard InChI is InChI=1S/C23H24N4O/c1-17-25-22-8-3-2-7-21(22)23(28)27(17)16-18-9-11-26(12-10-18)15-20-6-4-5-19(13-20)14-24/h2-8,13,18H,9-12,15-16H2,1H3. The second-order valence-corrected chi connectivity index (χ2v) is 7.62. The van der Waals surface area contributed by atoms with Crippen LogP contribution in [0.5, 0.6) is 0 Å². The van der Waals surface area contributed by atoms with Crippen LogP contribution in [0, 0.1) is 24.2 Å². The molecule has 1 saturated heterocycles. The number of piperidine rings is 1. The molecule has 0 atom stereocenters. The van der Waals surface area contributed by atoms with Gasteiger partial charge in [-0.3, -0.25) is 14.3 Å². The molecule has 0 spiro atoms. The predicted molar refractivity (Wildman–Crippen MR) is 110 cm³/mol. The van der Waals surface area contributed by atoms with Crippen LogP contribution in [0.4, 0.5) is 0 Å². The van der Waals surface area contributed by atoms with E-state index >= 15 is 0 Å². The Morgan fingerprint density at radius 3 is 2.71 bits per heavy atom. The SMILES string of the molecule is Cc1nc2ccccc2c(=O)n1CC1CCN(Cc2cccc(C#N)c2)CC1. The molecule has 3 aromatic rings. The monoisotopic (exact) mass is 372 g/mol. The Hall–Kier alpha value is -2.97. The molecule has 1 aromatic heterocycles. The van der Waals surface area contributed by atoms with E-state index in [1.807, 2.05) is 54.0 Å². The third-order valence-corrected chi connectivity index (χ3v) is 5.66. The fourth-order valence-electron chi connectivity index (χ4n) is 4.08. The first-order valence-corrected chi connectivity index (χ1v) is 9.81. The van der Waals surface area contributed by atoms with Gasteiger partial charge >= 0.3 is 0 Å². The first-order valence-electron chi connectivity index (χ1n) is 9.81. The number of fused-ring (bicyclic) bond motifs is 1. The van der Waals surface area contributed by atoms with Gasteiger partial charge in [-0.05, 0) is 68.6 Å². The number of likely N-dealkylation sites (tertiary alicyclic amines) is 1. The van der Waals surface area contributed by atoms with Crippen LogP contribution in [0.25, 0.3) is 10.9 Å². The maximum absolute atomic E-state index is 12.9. The van der Waals surface area contributed by atoms with Crippen molar-refractivity contribution in [3.63, 3.8) is 0 Å². The van der Waals surface area contributed by atoms with Gasteiger partial charge in [0, 0.05) is 13.1 Å². The van der Waals surface area contributed by atoms with Crippen molar-refractivity contribution in [2.75, 3.05) is 13.1 Å². The maximum atomic E-state index is 12.9. The largest absolute Gasteiger partial charge is 0.299 e. The highest BCUT2D eigenvalue weighted by Crippen LogP contribution is 2.21. The highest BCUT2D eigenvalue weighted by atomic mass is 16.1. The summed E-state index contributed by atoms with van der Waals surface area (Å²) < 4.78 is 1.85. The van der Waals surface area contributed by atoms with E-state index in [9.17, 15) is 4.79 Å². The van der Waals surface area contributed by atoms with Gasteiger partial charge in [-0.1, -0.05) is 24.3 Å². The van der Waals surface area contributed by atoms with Gasteiger partial charge in [0.2, 0.25) is 0 Å². The molecule has 0 saturated carbocycles. The molecule has 5 nitrogen and oxygen atoms in total. The van der Waals surface area contributed by atoms with Crippen molar-refractivity contribution in [2.45, 2.75) is 32.9 Å². The van der Waals surface area contributed by atoms with Crippen molar-refractivity contribution in [2.24, 2.45) is 5.92 Å². The Kier molecular flexibility index (Phi) is 5.23. The lowest BCUT2D eigenvalue weighted by Crippen LogP contribution is -2.36. The van der Waals surface area contributed by atoms with Gasteiger partial charge in [-0.25, -0.2) is 4.98 Å². The Labute approximate surface area is 164 Å². The molecule has 1 fully saturated rings. The molecule has 0 bridgehead atoms. The van der Waals surface area contributed by atoms with Gasteiger partial charge in [0.1, 0.15) is 5.82 Å². The number of para-hydroxylation sites is 1. The van der Waals surface area contributed by atoms with Crippen LogP contribution in [0.15, 0.2) is 53.3 Å². The number of rotatable bonds is 4. The third kappa shape index (κ3) is 3.83. The van der Waals surface area contributed by atoms with E-state index in [0.29, 0.717) is 16.9 Å². The lowest BCUT2D eigenvalue weighted by atomic mass is 9.96. The van der Waals surface area contributed by atoms with Crippen molar-refractivity contribution in [1.82, 2.24) is 14.5 Å². The van der Waals surface area contributed by atoms with Crippen LogP contribution in [0.1, 0.15) is 29.8 Å². The van der Waals surface area contributed by atoms with Gasteiger partial charge in [-0.2, -0.15) is 5.26 Å². The summed E-state index contributed by atoms with van der Waals surface area (Å²) in [6.45, 7) is 5.55. The van der Waals surface area contributed by atoms with Gasteiger partial charge in [-0.15, -0.1) is 0 Å². The number of benzene rings is 2. The lowest BCUT2D eigenvalue weighted by molar-refractivity contribution is 0.166. The van der Waals surface area contributed by atoms with Gasteiger partial charge < -0.3 is 0 Å². The number of hydrogen-bond donors (Lipinski definition) is 0. The average molecular weight is 372 g/mol. The number of hydrogen-bond acceptors (Lipinski definition) is 4. The normalized spacial score (nSPS) is 15.6. The molecule has 0 amide bonds. The number of nitriles is 1. The van der Waals surface area contributed by atoms with Crippen molar-refractivity contribution in [1.29, 1.82) is 5.26 Å². The summed E-state index contributed by atoms with van der Waals surface area (Å²) in [4.78, 5) is 19.9. The molecule has 0 unspecified atom stereocenters. The Bertz CT molecular complexity index is 1090. The zero-order valence-corrected chi connectivity index (χ0v) is 16.1. The molecule has 142 valence electrons. The van der Waals surface area contributed by atoms with Gasteiger partial charge in [0.25, 0.3) is 5.56 Å². The minimum atomic E-state index is 0.0684. The molecule has 0 radical (unpaired) electrons. The molecule has 4 rings (SSSR count). The van der Waals surface area contributed by atoms with Crippen LogP contribution in [-0.2, 0) is 13.1 Å². The molecule has 2 aromatic carbocycles. The van der Waals surface area contributed by atoms with Gasteiger partial charge in [0.05, 0.1) is 22.5 Å². The van der Waals surface area contributed by atoms with Crippen LogP contribution in [0.3, 0.4) is 0 Å². The fourth-order valence-corrected chi connectivity index (χ4v) is 4.08. The average Bonchev–Trinajstić information content (AvgIpc) is 2.72. The molecular formula is C23H24N4O. The summed E-state index contributed by atoms with van der Waals surface area (Å²) in [6, 6.07) is 17.6. The maximum Gasteiger partial charge on any atom is 0.261 e. The Balaban J connectivity index is 1.41. The predicted octanol–water partition coefficient (Wildman–Crippen LogP) is 3.49. The summed E-state index contributed by atoms with van der Waals surface area (Å²) in [7, 11) is 0. The zero-order chi connectivity index (χ0) is 19.5. The van der Waals surface area contributed by atoms with Crippen LogP contribution >= 0.6 is 0 Å². The second kappa shape index (κ2) is 7.95. The first kappa shape index (κ1) is 18.4. The molecule has 0 N–H and O–H groups in total. The molecule has 1 aliphatic heterocycles. The molecular weight excluding hydrogens is 348 g/mol. The highest BCUT2D eigenvalue weighted by molar-refractivity contribution is 5.77. The summed E-state index contributed by atoms with van der Waals surface area (Å²) in [5.41, 5.74) is 2.74. The van der Waals surface area contributed by atoms with E-state index in [0.717, 1.165) is 50.4 Å². The fraction of sp³-hybridized carbons (Fsp3) is 0.348. The van der Waals surface area contributed by atoms with Crippen molar-refractivity contribution >= 4 is 10.9 Å². The number of aryl methyl sites for hydroxylation is 1. The van der Waals surface area contributed by atoms with E-state index in [4.69, 9.17) is 5.26 Å². The molecule has 2 heterocycles. The van der Waals surface area contributed by atoms with Crippen molar-refractivity contribution in [3.05, 3.63) is 75.8 Å². The molecule has 1 aliphatic rings. The van der Waals surface area contributed by atoms with E-state index in [2.05, 4.69) is 22.0 Å². The van der Waals surface area contributed by atoms with Gasteiger partial charge in [0.15, 0.2) is 0 Å². The van der Waals surface area contributed by atoms with E-state index < -0.39 is 0 Å². The lowest BCUT2D eigenvalue weighted by Gasteiger charge is -2.32. The summed E-state index contributed by atoms with van der Waals surface area (Å²) >= 11 is 0. The smallest absolute Gasteiger partial charge is 0.261 e. The molecule has 28 heavy (non-hydrogen) atoms. The molecule has 5 heteroatoms. The first-order chi connectivity index (χ1) is 13.6. The minimum Gasteiger partial charge on any atom is -0.299 e. The highest BCUT2D eigenvalue weighted by Gasteiger charge is 2.21. The quantitative estimate of drug-likeness (QED) is 0.703. The third-order valence-electron chi connectivity index (χ3n) is 5.66. The molecule has 0 aliphatic carbocycles. The van der Waals surface area contributed by atoms with E-state index in [-0.39, 0.29) is 5.56 Å².